The third-order valence-electron chi connectivity index (χ3n) is 6.12. The van der Waals surface area contributed by atoms with Crippen LogP contribution in [0.1, 0.15) is 23.9 Å². The lowest BCUT2D eigenvalue weighted by atomic mass is 10.2. The van der Waals surface area contributed by atoms with Crippen LogP contribution in [0.5, 0.6) is 0 Å². The fourth-order valence-electron chi connectivity index (χ4n) is 4.47. The predicted octanol–water partition coefficient (Wildman–Crippen LogP) is 3.92. The maximum Gasteiger partial charge on any atom is 0.236 e. The molecule has 2 saturated heterocycles. The van der Waals surface area contributed by atoms with Crippen molar-refractivity contribution in [3.8, 4) is 0 Å². The molecule has 3 heterocycles. The van der Waals surface area contributed by atoms with Crippen LogP contribution in [-0.2, 0) is 4.79 Å². The molecule has 5 nitrogen and oxygen atoms in total. The van der Waals surface area contributed by atoms with Crippen molar-refractivity contribution >= 4 is 33.1 Å². The van der Waals surface area contributed by atoms with Gasteiger partial charge >= 0.3 is 0 Å². The molecule has 1 aromatic heterocycles. The van der Waals surface area contributed by atoms with Gasteiger partial charge in [-0.05, 0) is 55.8 Å². The monoisotopic (exact) mass is 424 g/mol. The third kappa shape index (κ3) is 3.91. The second-order valence-electron chi connectivity index (χ2n) is 7.99. The van der Waals surface area contributed by atoms with Crippen molar-refractivity contribution in [2.75, 3.05) is 44.2 Å². The number of benzene rings is 2. The summed E-state index contributed by atoms with van der Waals surface area (Å²) in [5, 5.41) is 1.13. The summed E-state index contributed by atoms with van der Waals surface area (Å²) >= 11 is 1.75. The quantitative estimate of drug-likeness (QED) is 0.637. The average Bonchev–Trinajstić information content (AvgIpc) is 3.41. The van der Waals surface area contributed by atoms with Crippen molar-refractivity contribution in [3.63, 3.8) is 0 Å². The normalized spacial score (nSPS) is 20.2. The number of thiazole rings is 1. The Morgan fingerprint density at radius 1 is 1.03 bits per heavy atom. The minimum absolute atomic E-state index is 0.196. The van der Waals surface area contributed by atoms with E-state index < -0.39 is 0 Å². The lowest BCUT2D eigenvalue weighted by Crippen LogP contribution is -2.51. The molecule has 156 valence electrons. The fraction of sp³-hybridized carbons (Fsp3) is 0.391. The molecule has 2 aliphatic heterocycles. The summed E-state index contributed by atoms with van der Waals surface area (Å²) in [7, 11) is 0. The van der Waals surface area contributed by atoms with E-state index in [-0.39, 0.29) is 17.8 Å². The van der Waals surface area contributed by atoms with E-state index in [4.69, 9.17) is 4.98 Å². The number of para-hydroxylation sites is 1. The SMILES string of the molecule is O=C(CN1CCCC1c1nc2ccccc2s1)N1CCN(c2ccc(F)cc2)CC1. The molecule has 0 saturated carbocycles. The highest BCUT2D eigenvalue weighted by atomic mass is 32.1. The van der Waals surface area contributed by atoms with Crippen molar-refractivity contribution in [1.29, 1.82) is 0 Å². The Morgan fingerprint density at radius 2 is 1.80 bits per heavy atom. The van der Waals surface area contributed by atoms with Gasteiger partial charge in [-0.2, -0.15) is 0 Å². The minimum Gasteiger partial charge on any atom is -0.368 e. The van der Waals surface area contributed by atoms with Gasteiger partial charge in [0.25, 0.3) is 0 Å². The van der Waals surface area contributed by atoms with Gasteiger partial charge in [-0.3, -0.25) is 9.69 Å². The summed E-state index contributed by atoms with van der Waals surface area (Å²) < 4.78 is 14.4. The summed E-state index contributed by atoms with van der Waals surface area (Å²) in [5.41, 5.74) is 2.06. The van der Waals surface area contributed by atoms with Gasteiger partial charge in [0, 0.05) is 31.9 Å². The van der Waals surface area contributed by atoms with Crippen molar-refractivity contribution < 1.29 is 9.18 Å². The maximum absolute atomic E-state index is 13.2. The Morgan fingerprint density at radius 3 is 2.57 bits per heavy atom. The molecular formula is C23H25FN4OS. The van der Waals surface area contributed by atoms with E-state index in [2.05, 4.69) is 21.9 Å². The van der Waals surface area contributed by atoms with Gasteiger partial charge in [-0.15, -0.1) is 11.3 Å². The average molecular weight is 425 g/mol. The number of amides is 1. The Balaban J connectivity index is 1.20. The van der Waals surface area contributed by atoms with Gasteiger partial charge < -0.3 is 9.80 Å². The van der Waals surface area contributed by atoms with Gasteiger partial charge in [0.2, 0.25) is 5.91 Å². The number of carbonyl (C=O) groups is 1. The van der Waals surface area contributed by atoms with Crippen molar-refractivity contribution in [1.82, 2.24) is 14.8 Å². The van der Waals surface area contributed by atoms with Crippen molar-refractivity contribution in [2.45, 2.75) is 18.9 Å². The fourth-order valence-corrected chi connectivity index (χ4v) is 5.60. The molecule has 1 amide bonds. The van der Waals surface area contributed by atoms with Gasteiger partial charge in [0.15, 0.2) is 0 Å². The minimum atomic E-state index is -0.221. The van der Waals surface area contributed by atoms with Crippen LogP contribution in [0.25, 0.3) is 10.2 Å². The molecule has 5 rings (SSSR count). The van der Waals surface area contributed by atoms with Crippen LogP contribution in [0.3, 0.4) is 0 Å². The molecule has 0 bridgehead atoms. The van der Waals surface area contributed by atoms with Crippen LogP contribution in [0.15, 0.2) is 48.5 Å². The van der Waals surface area contributed by atoms with Crippen molar-refractivity contribution in [2.24, 2.45) is 0 Å². The van der Waals surface area contributed by atoms with Crippen LogP contribution in [0.2, 0.25) is 0 Å². The zero-order valence-electron chi connectivity index (χ0n) is 16.8. The molecule has 0 radical (unpaired) electrons. The molecule has 0 spiro atoms. The van der Waals surface area contributed by atoms with E-state index in [0.29, 0.717) is 19.6 Å². The summed E-state index contributed by atoms with van der Waals surface area (Å²) in [5.74, 6) is -0.0253. The summed E-state index contributed by atoms with van der Waals surface area (Å²) in [6.07, 6.45) is 2.16. The molecule has 3 aromatic rings. The van der Waals surface area contributed by atoms with E-state index in [1.807, 2.05) is 17.0 Å². The van der Waals surface area contributed by atoms with Gasteiger partial charge in [-0.25, -0.2) is 9.37 Å². The van der Waals surface area contributed by atoms with Crippen LogP contribution in [0, 0.1) is 5.82 Å². The van der Waals surface area contributed by atoms with Crippen LogP contribution in [0.4, 0.5) is 10.1 Å². The highest BCUT2D eigenvalue weighted by Gasteiger charge is 2.32. The Bertz CT molecular complexity index is 996. The molecule has 7 heteroatoms. The summed E-state index contributed by atoms with van der Waals surface area (Å²) in [6, 6.07) is 15.1. The summed E-state index contributed by atoms with van der Waals surface area (Å²) in [6.45, 7) is 4.36. The van der Waals surface area contributed by atoms with E-state index in [1.54, 1.807) is 23.5 Å². The zero-order valence-corrected chi connectivity index (χ0v) is 17.7. The van der Waals surface area contributed by atoms with E-state index in [9.17, 15) is 9.18 Å². The maximum atomic E-state index is 13.2. The Hall–Kier alpha value is -2.51. The zero-order chi connectivity index (χ0) is 20.5. The predicted molar refractivity (Wildman–Crippen MR) is 118 cm³/mol. The molecule has 30 heavy (non-hydrogen) atoms. The molecule has 0 aliphatic carbocycles. The second kappa shape index (κ2) is 8.32. The van der Waals surface area contributed by atoms with E-state index in [0.717, 1.165) is 48.7 Å². The highest BCUT2D eigenvalue weighted by Crippen LogP contribution is 2.36. The standard InChI is InChI=1S/C23H25FN4OS/c24-17-7-9-18(10-8-17)26-12-14-27(15-13-26)22(29)16-28-11-3-5-20(28)23-25-19-4-1-2-6-21(19)30-23/h1-2,4,6-10,20H,3,5,11-16H2. The Kier molecular flexibility index (Phi) is 5.39. The number of likely N-dealkylation sites (tertiary alicyclic amines) is 1. The third-order valence-corrected chi connectivity index (χ3v) is 7.26. The lowest BCUT2D eigenvalue weighted by molar-refractivity contribution is -0.133. The molecule has 1 atom stereocenters. The van der Waals surface area contributed by atoms with E-state index in [1.165, 1.54) is 16.8 Å². The molecule has 2 aromatic carbocycles. The number of piperazine rings is 1. The molecular weight excluding hydrogens is 399 g/mol. The number of halogens is 1. The smallest absolute Gasteiger partial charge is 0.236 e. The first kappa shape index (κ1) is 19.5. The number of carbonyl (C=O) groups excluding carboxylic acids is 1. The van der Waals surface area contributed by atoms with Crippen LogP contribution in [-0.4, -0.2) is 60.0 Å². The number of rotatable bonds is 4. The second-order valence-corrected chi connectivity index (χ2v) is 9.05. The molecule has 0 N–H and O–H groups in total. The number of aromatic nitrogens is 1. The largest absolute Gasteiger partial charge is 0.368 e. The van der Waals surface area contributed by atoms with E-state index >= 15 is 0 Å². The first-order valence-corrected chi connectivity index (χ1v) is 11.4. The number of anilines is 1. The number of hydrogen-bond acceptors (Lipinski definition) is 5. The van der Waals surface area contributed by atoms with Gasteiger partial charge in [0.05, 0.1) is 22.8 Å². The molecule has 2 fully saturated rings. The van der Waals surface area contributed by atoms with Crippen molar-refractivity contribution in [3.05, 3.63) is 59.4 Å². The first-order valence-electron chi connectivity index (χ1n) is 10.6. The number of hydrogen-bond donors (Lipinski definition) is 0. The topological polar surface area (TPSA) is 39.7 Å². The van der Waals surface area contributed by atoms with Crippen LogP contribution >= 0.6 is 11.3 Å². The lowest BCUT2D eigenvalue weighted by Gasteiger charge is -2.37. The van der Waals surface area contributed by atoms with Gasteiger partial charge in [0.1, 0.15) is 10.8 Å². The Labute approximate surface area is 179 Å². The molecule has 2 aliphatic rings. The summed E-state index contributed by atoms with van der Waals surface area (Å²) in [4.78, 5) is 24.3. The van der Waals surface area contributed by atoms with Gasteiger partial charge in [-0.1, -0.05) is 12.1 Å². The first-order chi connectivity index (χ1) is 14.7. The highest BCUT2D eigenvalue weighted by molar-refractivity contribution is 7.18. The number of nitrogens with zero attached hydrogens (tertiary/aromatic N) is 4. The van der Waals surface area contributed by atoms with Crippen LogP contribution < -0.4 is 4.90 Å². The number of fused-ring (bicyclic) bond motifs is 1. The molecule has 1 unspecified atom stereocenters.